The van der Waals surface area contributed by atoms with Crippen LogP contribution >= 0.6 is 0 Å². The van der Waals surface area contributed by atoms with Crippen LogP contribution in [0.4, 0.5) is 0 Å². The van der Waals surface area contributed by atoms with Gasteiger partial charge >= 0.3 is 0 Å². The minimum absolute atomic E-state index is 0.0392. The van der Waals surface area contributed by atoms with Crippen molar-refractivity contribution in [3.8, 4) is 0 Å². The van der Waals surface area contributed by atoms with E-state index in [-0.39, 0.29) is 35.9 Å². The van der Waals surface area contributed by atoms with Crippen LogP contribution in [0.5, 0.6) is 0 Å². The lowest BCUT2D eigenvalue weighted by atomic mass is 9.45. The van der Waals surface area contributed by atoms with Gasteiger partial charge in [-0.2, -0.15) is 0 Å². The van der Waals surface area contributed by atoms with Crippen molar-refractivity contribution in [2.45, 2.75) is 121 Å². The SMILES string of the molecule is C=C(CCC1=C(C)[C@H]2[C@H](C[C@@H]3[C@@H]4CC=C5C[C@@H](O)C[C@@H](O)[C@]5(C)[C@@H]4[C@H](O)C[C@@]32C)O1)CO[C@@H]1O[C@H](CO)[C@@H](O)[C@H](O)[C@H]1O. The monoisotopic (exact) mass is 606 g/mol. The van der Waals surface area contributed by atoms with Gasteiger partial charge in [-0.1, -0.05) is 37.6 Å². The molecule has 15 atom stereocenters. The van der Waals surface area contributed by atoms with Crippen LogP contribution in [-0.2, 0) is 14.2 Å². The summed E-state index contributed by atoms with van der Waals surface area (Å²) in [5.41, 5.74) is 2.44. The molecule has 4 aliphatic carbocycles. The topological polar surface area (TPSA) is 169 Å². The Hall–Kier alpha value is -1.34. The fraction of sp³-hybridized carbons (Fsp3) is 0.818. The molecule has 0 aromatic carbocycles. The standard InChI is InChI=1S/C33H50O10/c1-15(14-41-31-30(40)29(39)28(38)24(13-34)43-31)5-8-22-16(2)26-23(42-22)11-20-19-7-6-17-9-18(35)10-25(37)33(17,4)27(19)21(36)12-32(20,26)3/h6,18-21,23-31,34-40H,1,5,7-14H2,2-4H3/t18-,19+,20-,21-,23+,24-,25-,26+,27+,28-,29+,30-,31-,32+,33-/m1/s1. The molecule has 0 radical (unpaired) electrons. The second-order valence-corrected chi connectivity index (χ2v) is 14.7. The van der Waals surface area contributed by atoms with Crippen LogP contribution in [-0.4, -0.2) is 104 Å². The third kappa shape index (κ3) is 4.96. The average Bonchev–Trinajstić information content (AvgIpc) is 3.43. The molecule has 0 unspecified atom stereocenters. The summed E-state index contributed by atoms with van der Waals surface area (Å²) in [6, 6.07) is 0. The van der Waals surface area contributed by atoms with Crippen molar-refractivity contribution in [3.63, 3.8) is 0 Å². The van der Waals surface area contributed by atoms with Crippen LogP contribution < -0.4 is 0 Å². The van der Waals surface area contributed by atoms with Crippen molar-refractivity contribution in [2.75, 3.05) is 13.2 Å². The summed E-state index contributed by atoms with van der Waals surface area (Å²) in [4.78, 5) is 0. The molecule has 0 aromatic heterocycles. The van der Waals surface area contributed by atoms with Gasteiger partial charge in [0.25, 0.3) is 0 Å². The Labute approximate surface area is 253 Å². The number of allylic oxidation sites excluding steroid dienone is 2. The summed E-state index contributed by atoms with van der Waals surface area (Å²) < 4.78 is 17.7. The summed E-state index contributed by atoms with van der Waals surface area (Å²) in [5.74, 6) is 1.73. The van der Waals surface area contributed by atoms with E-state index in [1.165, 1.54) is 5.57 Å². The van der Waals surface area contributed by atoms with Crippen molar-refractivity contribution in [2.24, 2.45) is 34.5 Å². The largest absolute Gasteiger partial charge is 0.494 e. The van der Waals surface area contributed by atoms with E-state index in [1.54, 1.807) is 0 Å². The molecule has 2 aliphatic heterocycles. The Morgan fingerprint density at radius 3 is 2.53 bits per heavy atom. The molecule has 0 amide bonds. The van der Waals surface area contributed by atoms with E-state index in [2.05, 4.69) is 33.4 Å². The Morgan fingerprint density at radius 1 is 1.07 bits per heavy atom. The Morgan fingerprint density at radius 2 is 1.81 bits per heavy atom. The molecule has 6 aliphatic rings. The fourth-order valence-electron chi connectivity index (χ4n) is 10.2. The number of aliphatic hydroxyl groups excluding tert-OH is 7. The minimum Gasteiger partial charge on any atom is -0.494 e. The smallest absolute Gasteiger partial charge is 0.187 e. The molecule has 7 N–H and O–H groups in total. The first kappa shape index (κ1) is 31.6. The Kier molecular flexibility index (Phi) is 8.44. The fourth-order valence-corrected chi connectivity index (χ4v) is 10.2. The van der Waals surface area contributed by atoms with Gasteiger partial charge in [-0.3, -0.25) is 0 Å². The molecule has 6 rings (SSSR count). The first-order chi connectivity index (χ1) is 20.3. The molecule has 10 nitrogen and oxygen atoms in total. The maximum atomic E-state index is 11.7. The lowest BCUT2D eigenvalue weighted by Crippen LogP contribution is -2.60. The van der Waals surface area contributed by atoms with Crippen molar-refractivity contribution >= 4 is 0 Å². The second kappa shape index (κ2) is 11.5. The molecule has 1 saturated heterocycles. The maximum absolute atomic E-state index is 11.7. The molecule has 3 saturated carbocycles. The van der Waals surface area contributed by atoms with Crippen LogP contribution in [0.3, 0.4) is 0 Å². The second-order valence-electron chi connectivity index (χ2n) is 14.7. The number of hydrogen-bond acceptors (Lipinski definition) is 10. The normalized spacial score (nSPS) is 50.7. The molecule has 10 heteroatoms. The number of fused-ring (bicyclic) bond motifs is 7. The Balaban J connectivity index is 1.10. The highest BCUT2D eigenvalue weighted by Gasteiger charge is 2.67. The summed E-state index contributed by atoms with van der Waals surface area (Å²) >= 11 is 0. The van der Waals surface area contributed by atoms with E-state index in [9.17, 15) is 35.7 Å². The average molecular weight is 607 g/mol. The quantitative estimate of drug-likeness (QED) is 0.210. The molecule has 0 bridgehead atoms. The predicted molar refractivity (Wildman–Crippen MR) is 155 cm³/mol. The van der Waals surface area contributed by atoms with Gasteiger partial charge in [0.1, 0.15) is 30.5 Å². The molecule has 0 spiro atoms. The highest BCUT2D eigenvalue weighted by atomic mass is 16.7. The van der Waals surface area contributed by atoms with Crippen LogP contribution in [0.1, 0.15) is 65.7 Å². The zero-order chi connectivity index (χ0) is 31.0. The van der Waals surface area contributed by atoms with Crippen LogP contribution in [0.15, 0.2) is 35.1 Å². The molecule has 2 heterocycles. The van der Waals surface area contributed by atoms with Gasteiger partial charge in [-0.25, -0.2) is 0 Å². The van der Waals surface area contributed by atoms with E-state index in [4.69, 9.17) is 14.2 Å². The van der Waals surface area contributed by atoms with Crippen LogP contribution in [0, 0.1) is 34.5 Å². The van der Waals surface area contributed by atoms with E-state index in [1.807, 2.05) is 0 Å². The highest BCUT2D eigenvalue weighted by Crippen LogP contribution is 2.69. The van der Waals surface area contributed by atoms with E-state index >= 15 is 0 Å². The van der Waals surface area contributed by atoms with Crippen molar-refractivity contribution in [3.05, 3.63) is 35.1 Å². The summed E-state index contributed by atoms with van der Waals surface area (Å²) in [5, 5.41) is 72.9. The number of hydrogen-bond donors (Lipinski definition) is 7. The highest BCUT2D eigenvalue weighted by molar-refractivity contribution is 5.32. The van der Waals surface area contributed by atoms with Crippen molar-refractivity contribution < 1.29 is 50.0 Å². The Bertz CT molecular complexity index is 1150. The number of ether oxygens (including phenoxy) is 3. The van der Waals surface area contributed by atoms with Gasteiger partial charge < -0.3 is 50.0 Å². The predicted octanol–water partition coefficient (Wildman–Crippen LogP) is 1.30. The van der Waals surface area contributed by atoms with Gasteiger partial charge in [0.05, 0.1) is 37.3 Å². The zero-order valence-corrected chi connectivity index (χ0v) is 25.5. The molecule has 242 valence electrons. The molecule has 43 heavy (non-hydrogen) atoms. The third-order valence-corrected chi connectivity index (χ3v) is 12.3. The number of aliphatic hydroxyl groups is 7. The molecule has 4 fully saturated rings. The lowest BCUT2D eigenvalue weighted by molar-refractivity contribution is -0.299. The van der Waals surface area contributed by atoms with Gasteiger partial charge in [0.15, 0.2) is 6.29 Å². The molecular formula is C33H50O10. The molecular weight excluding hydrogens is 556 g/mol. The van der Waals surface area contributed by atoms with Crippen LogP contribution in [0.2, 0.25) is 0 Å². The third-order valence-electron chi connectivity index (χ3n) is 12.3. The van der Waals surface area contributed by atoms with E-state index in [0.29, 0.717) is 38.0 Å². The minimum atomic E-state index is -1.49. The first-order valence-corrected chi connectivity index (χ1v) is 16.0. The summed E-state index contributed by atoms with van der Waals surface area (Å²) in [6.07, 6.45) is -1.46. The maximum Gasteiger partial charge on any atom is 0.187 e. The first-order valence-electron chi connectivity index (χ1n) is 16.0. The van der Waals surface area contributed by atoms with Gasteiger partial charge in [0.2, 0.25) is 0 Å². The summed E-state index contributed by atoms with van der Waals surface area (Å²) in [6.45, 7) is 10.2. The van der Waals surface area contributed by atoms with E-state index < -0.39 is 61.0 Å². The van der Waals surface area contributed by atoms with Gasteiger partial charge in [-0.15, -0.1) is 0 Å². The van der Waals surface area contributed by atoms with Crippen LogP contribution in [0.25, 0.3) is 0 Å². The van der Waals surface area contributed by atoms with Crippen molar-refractivity contribution in [1.82, 2.24) is 0 Å². The number of rotatable bonds is 7. The molecule has 0 aromatic rings. The lowest BCUT2D eigenvalue weighted by Gasteiger charge is -2.60. The van der Waals surface area contributed by atoms with E-state index in [0.717, 1.165) is 29.7 Å². The zero-order valence-electron chi connectivity index (χ0n) is 25.5. The van der Waals surface area contributed by atoms with Gasteiger partial charge in [0, 0.05) is 24.2 Å². The van der Waals surface area contributed by atoms with Crippen molar-refractivity contribution in [1.29, 1.82) is 0 Å². The summed E-state index contributed by atoms with van der Waals surface area (Å²) in [7, 11) is 0. The van der Waals surface area contributed by atoms with Gasteiger partial charge in [-0.05, 0) is 67.8 Å².